The van der Waals surface area contributed by atoms with Gasteiger partial charge in [-0.3, -0.25) is 0 Å². The first kappa shape index (κ1) is 13.8. The van der Waals surface area contributed by atoms with Crippen LogP contribution in [0.25, 0.3) is 0 Å². The number of hydrogen-bond acceptors (Lipinski definition) is 2. The Morgan fingerprint density at radius 3 is 2.11 bits per heavy atom. The minimum atomic E-state index is -3.37. The molecule has 1 aliphatic heterocycles. The Balaban J connectivity index is 2.28. The Morgan fingerprint density at radius 1 is 1.11 bits per heavy atom. The topological polar surface area (TPSA) is 37.4 Å². The highest BCUT2D eigenvalue weighted by Gasteiger charge is 2.31. The zero-order valence-electron chi connectivity index (χ0n) is 10.6. The quantitative estimate of drug-likeness (QED) is 0.838. The maximum absolute atomic E-state index is 12.5. The molecule has 0 N–H and O–H groups in total. The van der Waals surface area contributed by atoms with Gasteiger partial charge in [-0.15, -0.1) is 0 Å². The van der Waals surface area contributed by atoms with E-state index < -0.39 is 10.0 Å². The second-order valence-corrected chi connectivity index (χ2v) is 7.60. The van der Waals surface area contributed by atoms with Crippen molar-refractivity contribution in [3.05, 3.63) is 29.3 Å². The second-order valence-electron chi connectivity index (χ2n) is 5.22. The number of rotatable bonds is 2. The minimum absolute atomic E-state index is 0.327. The van der Waals surface area contributed by atoms with Gasteiger partial charge in [-0.25, -0.2) is 8.42 Å². The SMILES string of the molecule is C[C@H]1C[C@H](C)CN(S(=O)(=O)c2ccc(Cl)cc2)C1. The number of halogens is 1. The third kappa shape index (κ3) is 2.87. The molecule has 5 heteroatoms. The lowest BCUT2D eigenvalue weighted by Gasteiger charge is -2.34. The lowest BCUT2D eigenvalue weighted by molar-refractivity contribution is 0.222. The molecule has 0 aliphatic carbocycles. The average molecular weight is 288 g/mol. The maximum Gasteiger partial charge on any atom is 0.243 e. The molecular formula is C13H18ClNO2S. The predicted octanol–water partition coefficient (Wildman–Crippen LogP) is 3.01. The molecular weight excluding hydrogens is 270 g/mol. The highest BCUT2D eigenvalue weighted by atomic mass is 35.5. The van der Waals surface area contributed by atoms with Crippen LogP contribution in [0.2, 0.25) is 5.02 Å². The van der Waals surface area contributed by atoms with Crippen LogP contribution in [-0.2, 0) is 10.0 Å². The minimum Gasteiger partial charge on any atom is -0.207 e. The molecule has 0 amide bonds. The summed E-state index contributed by atoms with van der Waals surface area (Å²) in [5.74, 6) is 0.826. The maximum atomic E-state index is 12.5. The number of nitrogens with zero attached hydrogens (tertiary/aromatic N) is 1. The van der Waals surface area contributed by atoms with Gasteiger partial charge >= 0.3 is 0 Å². The molecule has 0 unspecified atom stereocenters. The third-order valence-electron chi connectivity index (χ3n) is 3.29. The monoisotopic (exact) mass is 287 g/mol. The first-order chi connectivity index (χ1) is 8.39. The van der Waals surface area contributed by atoms with E-state index in [1.165, 1.54) is 0 Å². The summed E-state index contributed by atoms with van der Waals surface area (Å²) in [6, 6.07) is 6.37. The van der Waals surface area contributed by atoms with E-state index in [-0.39, 0.29) is 0 Å². The molecule has 1 aromatic rings. The van der Waals surface area contributed by atoms with E-state index in [0.29, 0.717) is 34.8 Å². The smallest absolute Gasteiger partial charge is 0.207 e. The Hall–Kier alpha value is -0.580. The predicted molar refractivity (Wildman–Crippen MR) is 73.2 cm³/mol. The zero-order chi connectivity index (χ0) is 13.3. The van der Waals surface area contributed by atoms with Crippen LogP contribution in [0, 0.1) is 11.8 Å². The third-order valence-corrected chi connectivity index (χ3v) is 5.38. The van der Waals surface area contributed by atoms with E-state index in [1.807, 2.05) is 0 Å². The van der Waals surface area contributed by atoms with Gasteiger partial charge in [0.05, 0.1) is 4.90 Å². The van der Waals surface area contributed by atoms with E-state index >= 15 is 0 Å². The largest absolute Gasteiger partial charge is 0.243 e. The van der Waals surface area contributed by atoms with E-state index in [9.17, 15) is 8.42 Å². The molecule has 0 bridgehead atoms. The van der Waals surface area contributed by atoms with Crippen molar-refractivity contribution in [1.82, 2.24) is 4.31 Å². The van der Waals surface area contributed by atoms with Crippen LogP contribution in [0.15, 0.2) is 29.2 Å². The Morgan fingerprint density at radius 2 is 1.61 bits per heavy atom. The summed E-state index contributed by atoms with van der Waals surface area (Å²) in [6.45, 7) is 5.41. The summed E-state index contributed by atoms with van der Waals surface area (Å²) in [5.41, 5.74) is 0. The first-order valence-electron chi connectivity index (χ1n) is 6.15. The molecule has 18 heavy (non-hydrogen) atoms. The van der Waals surface area contributed by atoms with Gasteiger partial charge in [0, 0.05) is 18.1 Å². The Bertz CT molecular complexity index is 502. The second kappa shape index (κ2) is 5.19. The summed E-state index contributed by atoms with van der Waals surface area (Å²) in [6.07, 6.45) is 1.09. The van der Waals surface area contributed by atoms with Crippen LogP contribution in [0.1, 0.15) is 20.3 Å². The fraction of sp³-hybridized carbons (Fsp3) is 0.538. The van der Waals surface area contributed by atoms with Crippen molar-refractivity contribution in [2.45, 2.75) is 25.2 Å². The summed E-state index contributed by atoms with van der Waals surface area (Å²) < 4.78 is 26.5. The van der Waals surface area contributed by atoms with Gasteiger partial charge in [-0.2, -0.15) is 4.31 Å². The molecule has 1 fully saturated rings. The Kier molecular flexibility index (Phi) is 3.99. The normalized spacial score (nSPS) is 26.2. The van der Waals surface area contributed by atoms with Crippen molar-refractivity contribution < 1.29 is 8.42 Å². The van der Waals surface area contributed by atoms with Crippen molar-refractivity contribution in [2.75, 3.05) is 13.1 Å². The van der Waals surface area contributed by atoms with Crippen LogP contribution in [-0.4, -0.2) is 25.8 Å². The van der Waals surface area contributed by atoms with E-state index in [0.717, 1.165) is 6.42 Å². The van der Waals surface area contributed by atoms with E-state index in [1.54, 1.807) is 28.6 Å². The fourth-order valence-electron chi connectivity index (χ4n) is 2.56. The van der Waals surface area contributed by atoms with Crippen LogP contribution in [0.3, 0.4) is 0 Å². The van der Waals surface area contributed by atoms with Crippen LogP contribution >= 0.6 is 11.6 Å². The zero-order valence-corrected chi connectivity index (χ0v) is 12.2. The molecule has 0 aromatic heterocycles. The summed E-state index contributed by atoms with van der Waals surface area (Å²) in [7, 11) is -3.37. The highest BCUT2D eigenvalue weighted by Crippen LogP contribution is 2.27. The molecule has 1 aromatic carbocycles. The van der Waals surface area contributed by atoms with Gasteiger partial charge in [0.2, 0.25) is 10.0 Å². The highest BCUT2D eigenvalue weighted by molar-refractivity contribution is 7.89. The molecule has 1 saturated heterocycles. The summed E-state index contributed by atoms with van der Waals surface area (Å²) >= 11 is 5.79. The lowest BCUT2D eigenvalue weighted by Crippen LogP contribution is -2.42. The van der Waals surface area contributed by atoms with Crippen molar-refractivity contribution in [2.24, 2.45) is 11.8 Å². The van der Waals surface area contributed by atoms with E-state index in [2.05, 4.69) is 13.8 Å². The number of hydrogen-bond donors (Lipinski definition) is 0. The van der Waals surface area contributed by atoms with Crippen LogP contribution in [0.4, 0.5) is 0 Å². The average Bonchev–Trinajstić information content (AvgIpc) is 2.28. The summed E-state index contributed by atoms with van der Waals surface area (Å²) in [5, 5.41) is 0.550. The molecule has 1 aliphatic rings. The van der Waals surface area contributed by atoms with Crippen LogP contribution in [0.5, 0.6) is 0 Å². The molecule has 3 nitrogen and oxygen atoms in total. The molecule has 0 radical (unpaired) electrons. The van der Waals surface area contributed by atoms with Crippen molar-refractivity contribution in [3.8, 4) is 0 Å². The standard InChI is InChI=1S/C13H18ClNO2S/c1-10-7-11(2)9-15(8-10)18(16,17)13-5-3-12(14)4-6-13/h3-6,10-11H,7-9H2,1-2H3/t10-,11-/m0/s1. The van der Waals surface area contributed by atoms with Gasteiger partial charge < -0.3 is 0 Å². The lowest BCUT2D eigenvalue weighted by atomic mass is 9.94. The van der Waals surface area contributed by atoms with Gasteiger partial charge in [0.25, 0.3) is 0 Å². The summed E-state index contributed by atoms with van der Waals surface area (Å²) in [4.78, 5) is 0.327. The van der Waals surface area contributed by atoms with E-state index in [4.69, 9.17) is 11.6 Å². The van der Waals surface area contributed by atoms with Gasteiger partial charge in [-0.1, -0.05) is 25.4 Å². The van der Waals surface area contributed by atoms with Gasteiger partial charge in [-0.05, 0) is 42.5 Å². The molecule has 2 rings (SSSR count). The Labute approximate surface area is 114 Å². The molecule has 0 spiro atoms. The first-order valence-corrected chi connectivity index (χ1v) is 7.97. The van der Waals surface area contributed by atoms with Crippen LogP contribution < -0.4 is 0 Å². The number of piperidine rings is 1. The molecule has 0 saturated carbocycles. The fourth-order valence-corrected chi connectivity index (χ4v) is 4.36. The van der Waals surface area contributed by atoms with Gasteiger partial charge in [0.1, 0.15) is 0 Å². The van der Waals surface area contributed by atoms with Gasteiger partial charge in [0.15, 0.2) is 0 Å². The number of benzene rings is 1. The van der Waals surface area contributed by atoms with Crippen molar-refractivity contribution >= 4 is 21.6 Å². The molecule has 100 valence electrons. The molecule has 2 atom stereocenters. The van der Waals surface area contributed by atoms with Crippen molar-refractivity contribution in [1.29, 1.82) is 0 Å². The van der Waals surface area contributed by atoms with Crippen molar-refractivity contribution in [3.63, 3.8) is 0 Å². The molecule has 1 heterocycles. The number of sulfonamides is 1.